The molecule has 3 aromatic carbocycles. The molecule has 0 radical (unpaired) electrons. The molecule has 0 unspecified atom stereocenters. The number of phenols is 1. The van der Waals surface area contributed by atoms with E-state index >= 15 is 0 Å². The fourth-order valence-corrected chi connectivity index (χ4v) is 9.22. The van der Waals surface area contributed by atoms with Gasteiger partial charge in [0.15, 0.2) is 0 Å². The van der Waals surface area contributed by atoms with Gasteiger partial charge in [-0.3, -0.25) is 9.59 Å². The van der Waals surface area contributed by atoms with Gasteiger partial charge in [-0.25, -0.2) is 4.79 Å². The minimum absolute atomic E-state index is 0.0422. The van der Waals surface area contributed by atoms with Crippen molar-refractivity contribution < 1.29 is 49.4 Å². The van der Waals surface area contributed by atoms with E-state index in [1.807, 2.05) is 37.3 Å². The second-order valence-corrected chi connectivity index (χ2v) is 16.6. The second-order valence-electron chi connectivity index (χ2n) is 16.6. The molecule has 0 amide bonds. The first-order valence-corrected chi connectivity index (χ1v) is 20.5. The van der Waals surface area contributed by atoms with E-state index in [9.17, 15) is 39.9 Å². The van der Waals surface area contributed by atoms with Gasteiger partial charge in [-0.15, -0.1) is 0 Å². The molecular weight excluding hydrogens is 739 g/mol. The summed E-state index contributed by atoms with van der Waals surface area (Å²) in [5.41, 5.74) is 3.04. The summed E-state index contributed by atoms with van der Waals surface area (Å²) in [4.78, 5) is 41.2. The Morgan fingerprint density at radius 2 is 1.74 bits per heavy atom. The van der Waals surface area contributed by atoms with E-state index in [-0.39, 0.29) is 80.4 Å². The summed E-state index contributed by atoms with van der Waals surface area (Å²) in [6.07, 6.45) is 0.806. The van der Waals surface area contributed by atoms with Crippen molar-refractivity contribution in [2.24, 2.45) is 11.8 Å². The summed E-state index contributed by atoms with van der Waals surface area (Å²) >= 11 is 0. The van der Waals surface area contributed by atoms with Gasteiger partial charge in [-0.05, 0) is 97.0 Å². The number of benzene rings is 3. The third-order valence-corrected chi connectivity index (χ3v) is 12.1. The Balaban J connectivity index is 1.43. The zero-order chi connectivity index (χ0) is 41.1. The summed E-state index contributed by atoms with van der Waals surface area (Å²) in [5.74, 6) is 3.27. The maximum Gasteiger partial charge on any atom is 0.334 e. The van der Waals surface area contributed by atoms with E-state index in [1.54, 1.807) is 25.1 Å². The number of ether oxygens (including phenoxy) is 2. The molecule has 0 spiro atoms. The molecule has 58 heavy (non-hydrogen) atoms. The predicted octanol–water partition coefficient (Wildman–Crippen LogP) is 5.32. The smallest absolute Gasteiger partial charge is 0.334 e. The summed E-state index contributed by atoms with van der Waals surface area (Å²) < 4.78 is 12.1. The zero-order valence-electron chi connectivity index (χ0n) is 33.1. The van der Waals surface area contributed by atoms with E-state index in [2.05, 4.69) is 17.2 Å². The number of ketones is 1. The first-order chi connectivity index (χ1) is 27.8. The lowest BCUT2D eigenvalue weighted by atomic mass is 9.66. The number of aliphatic hydroxyl groups excluding tert-OH is 3. The van der Waals surface area contributed by atoms with E-state index in [0.717, 1.165) is 11.1 Å². The van der Waals surface area contributed by atoms with Crippen LogP contribution in [0.2, 0.25) is 0 Å². The average molecular weight is 792 g/mol. The number of aromatic hydroxyl groups is 1. The molecule has 4 aliphatic rings. The van der Waals surface area contributed by atoms with Crippen LogP contribution in [0.3, 0.4) is 0 Å². The average Bonchev–Trinajstić information content (AvgIpc) is 3.19. The first-order valence-electron chi connectivity index (χ1n) is 20.5. The molecule has 1 fully saturated rings. The quantitative estimate of drug-likeness (QED) is 0.104. The molecule has 8 atom stereocenters. The second kappa shape index (κ2) is 17.5. The SMILES string of the molecule is CCC[C@]1(O)[C@@H]2CCC(=O)[C@H](Cc3cccc(c3)C[C@H](O)/C=C3/C[C@@H](c4cc(CO)cc(NC[C@H](C)O)c4)C#C[C@H]4CC(=O)Oc5cc(O)c(cc54)C[C@H]1OC3=O)C2. The molecule has 0 saturated heterocycles. The van der Waals surface area contributed by atoms with Gasteiger partial charge in [0.2, 0.25) is 0 Å². The highest BCUT2D eigenvalue weighted by atomic mass is 16.6. The number of aliphatic hydroxyl groups is 4. The van der Waals surface area contributed by atoms with Gasteiger partial charge < -0.3 is 40.3 Å². The topological polar surface area (TPSA) is 183 Å². The monoisotopic (exact) mass is 791 g/mol. The molecule has 3 heterocycles. The summed E-state index contributed by atoms with van der Waals surface area (Å²) in [5, 5.41) is 59.6. The van der Waals surface area contributed by atoms with Crippen LogP contribution in [0.1, 0.15) is 104 Å². The van der Waals surface area contributed by atoms with Crippen molar-refractivity contribution in [3.8, 4) is 23.3 Å². The van der Waals surface area contributed by atoms with Crippen molar-refractivity contribution in [1.82, 2.24) is 0 Å². The van der Waals surface area contributed by atoms with Crippen molar-refractivity contribution in [3.63, 3.8) is 0 Å². The highest BCUT2D eigenvalue weighted by molar-refractivity contribution is 5.89. The molecular formula is C47H53NO10. The summed E-state index contributed by atoms with van der Waals surface area (Å²) in [7, 11) is 0. The minimum Gasteiger partial charge on any atom is -0.508 e. The first kappa shape index (κ1) is 41.2. The van der Waals surface area contributed by atoms with Gasteiger partial charge >= 0.3 is 11.9 Å². The van der Waals surface area contributed by atoms with Crippen molar-refractivity contribution in [3.05, 3.63) is 99.6 Å². The lowest BCUT2D eigenvalue weighted by molar-refractivity contribution is -0.176. The lowest BCUT2D eigenvalue weighted by Crippen LogP contribution is -2.54. The molecule has 6 N–H and O–H groups in total. The lowest BCUT2D eigenvalue weighted by Gasteiger charge is -2.45. The molecule has 306 valence electrons. The molecule has 3 aliphatic heterocycles. The van der Waals surface area contributed by atoms with Crippen LogP contribution in [0.5, 0.6) is 11.5 Å². The van der Waals surface area contributed by atoms with Gasteiger partial charge in [-0.1, -0.05) is 55.5 Å². The van der Waals surface area contributed by atoms with Crippen LogP contribution in [0, 0.1) is 23.7 Å². The molecule has 11 heteroatoms. The highest BCUT2D eigenvalue weighted by Gasteiger charge is 2.49. The van der Waals surface area contributed by atoms with E-state index in [4.69, 9.17) is 9.47 Å². The van der Waals surface area contributed by atoms with Crippen LogP contribution >= 0.6 is 0 Å². The standard InChI is InChI=1S/C47H53NO10/c1-3-11-47(56)37-9-10-41(52)34(18-37)13-28-5-4-6-29(12-28)16-39(51)20-36-17-31(33-14-30(26-49)15-38(19-33)48-25-27(2)50)7-8-32-23-45(54)57-43-24-42(53)35(21-40(32)43)22-44(47)58-46(36)55/h4-6,12,14-15,19-21,24,27,31-32,34,37,39,44,48-51,53,56H,3,9-11,13,16-18,22-23,25-26H2,1-2H3/b36-20-/t27-,31-,32-,34+,37+,39-,44+,47-/m0/s1. The predicted molar refractivity (Wildman–Crippen MR) is 216 cm³/mol. The number of fused-ring (bicyclic) bond motifs is 8. The number of carbonyl (C=O) groups is 3. The van der Waals surface area contributed by atoms with Crippen molar-refractivity contribution in [2.45, 2.75) is 120 Å². The molecule has 1 saturated carbocycles. The number of hydrogen-bond donors (Lipinski definition) is 6. The Morgan fingerprint density at radius 3 is 2.50 bits per heavy atom. The minimum atomic E-state index is -1.61. The maximum atomic E-state index is 14.8. The number of esters is 2. The molecule has 3 aromatic rings. The highest BCUT2D eigenvalue weighted by Crippen LogP contribution is 2.45. The van der Waals surface area contributed by atoms with Gasteiger partial charge in [0.05, 0.1) is 31.2 Å². The van der Waals surface area contributed by atoms with E-state index in [1.165, 1.54) is 12.1 Å². The fraction of sp³-hybridized carbons (Fsp3) is 0.468. The van der Waals surface area contributed by atoms with Crippen LogP contribution in [0.4, 0.5) is 5.69 Å². The summed E-state index contributed by atoms with van der Waals surface area (Å²) in [6, 6.07) is 16.2. The fourth-order valence-electron chi connectivity index (χ4n) is 9.22. The van der Waals surface area contributed by atoms with Crippen molar-refractivity contribution >= 4 is 23.4 Å². The molecule has 0 aromatic heterocycles. The normalized spacial score (nSPS) is 28.7. The Kier molecular flexibility index (Phi) is 12.4. The van der Waals surface area contributed by atoms with Crippen molar-refractivity contribution in [2.75, 3.05) is 11.9 Å². The van der Waals surface area contributed by atoms with E-state index in [0.29, 0.717) is 53.6 Å². The van der Waals surface area contributed by atoms with Crippen LogP contribution < -0.4 is 10.1 Å². The van der Waals surface area contributed by atoms with Crippen LogP contribution in [0.15, 0.2) is 66.2 Å². The van der Waals surface area contributed by atoms with Crippen LogP contribution in [0.25, 0.3) is 0 Å². The zero-order valence-corrected chi connectivity index (χ0v) is 33.1. The molecule has 1 aliphatic carbocycles. The number of rotatable bonds is 7. The van der Waals surface area contributed by atoms with Gasteiger partial charge in [0.1, 0.15) is 29.0 Å². The Morgan fingerprint density at radius 1 is 0.966 bits per heavy atom. The number of nitrogens with one attached hydrogen (secondary N) is 1. The summed E-state index contributed by atoms with van der Waals surface area (Å²) in [6.45, 7) is 3.54. The Hall–Kier alpha value is -4.99. The number of anilines is 1. The van der Waals surface area contributed by atoms with Gasteiger partial charge in [0.25, 0.3) is 0 Å². The van der Waals surface area contributed by atoms with E-state index < -0.39 is 53.6 Å². The molecule has 8 bridgehead atoms. The van der Waals surface area contributed by atoms with Gasteiger partial charge in [-0.2, -0.15) is 0 Å². The largest absolute Gasteiger partial charge is 0.508 e. The number of phenolic OH excluding ortho intramolecular Hbond substituents is 1. The number of hydrogen-bond acceptors (Lipinski definition) is 11. The third kappa shape index (κ3) is 9.16. The van der Waals surface area contributed by atoms with Crippen LogP contribution in [-0.2, 0) is 45.0 Å². The Labute approximate surface area is 339 Å². The van der Waals surface area contributed by atoms with Crippen molar-refractivity contribution in [1.29, 1.82) is 0 Å². The molecule has 11 nitrogen and oxygen atoms in total. The molecule has 7 rings (SSSR count). The third-order valence-electron chi connectivity index (χ3n) is 12.1. The van der Waals surface area contributed by atoms with Crippen LogP contribution in [-0.4, -0.2) is 73.7 Å². The van der Waals surface area contributed by atoms with Gasteiger partial charge in [0, 0.05) is 60.5 Å². The Bertz CT molecular complexity index is 2150. The number of Topliss-reactive ketones (excluding diaryl/α,β-unsaturated/α-hetero) is 1. The number of carbonyl (C=O) groups excluding carboxylic acids is 3. The maximum absolute atomic E-state index is 14.8.